The molecule has 0 aliphatic heterocycles. The highest BCUT2D eigenvalue weighted by Crippen LogP contribution is 2.20. The molecule has 3 aromatic rings. The van der Waals surface area contributed by atoms with Crippen LogP contribution in [0.4, 0.5) is 0 Å². The van der Waals surface area contributed by atoms with Gasteiger partial charge in [0.2, 0.25) is 5.88 Å². The maximum absolute atomic E-state index is 12.9. The Hall–Kier alpha value is -3.09. The fourth-order valence-electron chi connectivity index (χ4n) is 2.85. The third kappa shape index (κ3) is 3.08. The smallest absolute Gasteiger partial charge is 0.322 e. The van der Waals surface area contributed by atoms with Gasteiger partial charge in [0.1, 0.15) is 5.75 Å². The number of hydrogen-bond acceptors (Lipinski definition) is 5. The zero-order valence-electron chi connectivity index (χ0n) is 15.2. The summed E-state index contributed by atoms with van der Waals surface area (Å²) in [5.41, 5.74) is 0.271. The molecule has 7 heteroatoms. The predicted molar refractivity (Wildman–Crippen MR) is 99.5 cm³/mol. The van der Waals surface area contributed by atoms with Crippen molar-refractivity contribution >= 4 is 11.2 Å². The fraction of sp³-hybridized carbons (Fsp3) is 0.316. The van der Waals surface area contributed by atoms with E-state index in [0.717, 1.165) is 0 Å². The van der Waals surface area contributed by atoms with Crippen LogP contribution in [-0.2, 0) is 6.54 Å². The first-order valence-corrected chi connectivity index (χ1v) is 8.31. The average molecular weight is 355 g/mol. The predicted octanol–water partition coefficient (Wildman–Crippen LogP) is 2.22. The van der Waals surface area contributed by atoms with E-state index in [9.17, 15) is 9.59 Å². The summed E-state index contributed by atoms with van der Waals surface area (Å²) in [4.78, 5) is 30.0. The van der Waals surface area contributed by atoms with Crippen LogP contribution in [0, 0.1) is 5.92 Å². The van der Waals surface area contributed by atoms with Crippen LogP contribution >= 0.6 is 0 Å². The normalized spacial score (nSPS) is 11.1. The monoisotopic (exact) mass is 355 g/mol. The zero-order valence-corrected chi connectivity index (χ0v) is 15.2. The molecule has 0 saturated heterocycles. The number of nitrogens with zero attached hydrogens (tertiary/aromatic N) is 3. The molecule has 2 aromatic heterocycles. The van der Waals surface area contributed by atoms with Crippen molar-refractivity contribution < 1.29 is 9.47 Å². The molecule has 0 N–H and O–H groups in total. The lowest BCUT2D eigenvalue weighted by Gasteiger charge is -2.16. The Morgan fingerprint density at radius 1 is 0.962 bits per heavy atom. The van der Waals surface area contributed by atoms with Gasteiger partial charge in [0.15, 0.2) is 5.65 Å². The molecule has 0 radical (unpaired) electrons. The van der Waals surface area contributed by atoms with Crippen molar-refractivity contribution in [1.82, 2.24) is 14.1 Å². The van der Waals surface area contributed by atoms with E-state index in [0.29, 0.717) is 35.0 Å². The van der Waals surface area contributed by atoms with Gasteiger partial charge in [0.25, 0.3) is 0 Å². The summed E-state index contributed by atoms with van der Waals surface area (Å²) in [6, 6.07) is 10.3. The summed E-state index contributed by atoms with van der Waals surface area (Å²) in [7, 11) is 3.07. The van der Waals surface area contributed by atoms with Crippen LogP contribution in [0.25, 0.3) is 16.9 Å². The molecule has 0 bridgehead atoms. The highest BCUT2D eigenvalue weighted by atomic mass is 16.5. The molecule has 26 heavy (non-hydrogen) atoms. The number of ether oxygens (including phenoxy) is 2. The van der Waals surface area contributed by atoms with Crippen molar-refractivity contribution in [3.8, 4) is 17.3 Å². The molecule has 0 fully saturated rings. The Morgan fingerprint density at radius 3 is 2.23 bits per heavy atom. The molecular weight excluding hydrogens is 334 g/mol. The van der Waals surface area contributed by atoms with E-state index in [1.165, 1.54) is 16.2 Å². The Morgan fingerprint density at radius 2 is 1.65 bits per heavy atom. The van der Waals surface area contributed by atoms with E-state index >= 15 is 0 Å². The molecule has 2 heterocycles. The van der Waals surface area contributed by atoms with Crippen LogP contribution in [0.2, 0.25) is 0 Å². The number of pyridine rings is 1. The highest BCUT2D eigenvalue weighted by molar-refractivity contribution is 5.73. The van der Waals surface area contributed by atoms with Gasteiger partial charge in [0, 0.05) is 12.6 Å². The molecule has 0 amide bonds. The second-order valence-corrected chi connectivity index (χ2v) is 6.34. The average Bonchev–Trinajstić information content (AvgIpc) is 2.65. The Labute approximate surface area is 150 Å². The van der Waals surface area contributed by atoms with Crippen molar-refractivity contribution in [3.05, 3.63) is 57.1 Å². The van der Waals surface area contributed by atoms with Gasteiger partial charge in [-0.25, -0.2) is 0 Å². The molecule has 0 atom stereocenters. The summed E-state index contributed by atoms with van der Waals surface area (Å²) in [6.07, 6.45) is 0. The van der Waals surface area contributed by atoms with E-state index < -0.39 is 11.1 Å². The molecule has 0 saturated carbocycles. The molecule has 7 nitrogen and oxygen atoms in total. The maximum Gasteiger partial charge on any atom is 0.322 e. The van der Waals surface area contributed by atoms with Gasteiger partial charge in [0.05, 0.1) is 25.4 Å². The van der Waals surface area contributed by atoms with Crippen LogP contribution in [0.5, 0.6) is 11.6 Å². The SMILES string of the molecule is COc1ccc(-n2c(=O)c(=O)n(CC(C)C)c3ccc(OC)nc32)cc1. The second kappa shape index (κ2) is 7.03. The van der Waals surface area contributed by atoms with Crippen LogP contribution in [0.1, 0.15) is 13.8 Å². The number of fused-ring (bicyclic) bond motifs is 1. The van der Waals surface area contributed by atoms with Crippen LogP contribution < -0.4 is 20.6 Å². The van der Waals surface area contributed by atoms with Gasteiger partial charge in [-0.3, -0.25) is 14.2 Å². The lowest BCUT2D eigenvalue weighted by atomic mass is 10.2. The van der Waals surface area contributed by atoms with E-state index in [1.807, 2.05) is 13.8 Å². The maximum atomic E-state index is 12.9. The fourth-order valence-corrected chi connectivity index (χ4v) is 2.85. The quantitative estimate of drug-likeness (QED) is 0.656. The highest BCUT2D eigenvalue weighted by Gasteiger charge is 2.17. The zero-order chi connectivity index (χ0) is 18.8. The van der Waals surface area contributed by atoms with Crippen LogP contribution in [-0.4, -0.2) is 28.3 Å². The molecule has 0 unspecified atom stereocenters. The first-order chi connectivity index (χ1) is 12.5. The van der Waals surface area contributed by atoms with E-state index in [1.54, 1.807) is 43.5 Å². The second-order valence-electron chi connectivity index (χ2n) is 6.34. The number of benzene rings is 1. The Kier molecular flexibility index (Phi) is 4.79. The summed E-state index contributed by atoms with van der Waals surface area (Å²) >= 11 is 0. The number of aromatic nitrogens is 3. The topological polar surface area (TPSA) is 75.3 Å². The molecule has 0 aliphatic carbocycles. The van der Waals surface area contributed by atoms with E-state index in [-0.39, 0.29) is 5.92 Å². The van der Waals surface area contributed by atoms with Crippen LogP contribution in [0.15, 0.2) is 46.0 Å². The third-order valence-corrected chi connectivity index (χ3v) is 4.05. The summed E-state index contributed by atoms with van der Waals surface area (Å²) in [5, 5.41) is 0. The van der Waals surface area contributed by atoms with Crippen molar-refractivity contribution in [1.29, 1.82) is 0 Å². The number of hydrogen-bond donors (Lipinski definition) is 0. The van der Waals surface area contributed by atoms with Gasteiger partial charge < -0.3 is 14.0 Å². The molecule has 136 valence electrons. The molecule has 1 aromatic carbocycles. The molecule has 0 aliphatic rings. The third-order valence-electron chi connectivity index (χ3n) is 4.05. The Balaban J connectivity index is 2.39. The van der Waals surface area contributed by atoms with Gasteiger partial charge in [-0.15, -0.1) is 0 Å². The Bertz CT molecular complexity index is 1050. The lowest BCUT2D eigenvalue weighted by Crippen LogP contribution is -2.41. The van der Waals surface area contributed by atoms with Crippen molar-refractivity contribution in [3.63, 3.8) is 0 Å². The summed E-state index contributed by atoms with van der Waals surface area (Å²) in [6.45, 7) is 4.41. The number of rotatable bonds is 5. The van der Waals surface area contributed by atoms with Gasteiger partial charge in [-0.1, -0.05) is 13.8 Å². The van der Waals surface area contributed by atoms with Crippen molar-refractivity contribution in [2.75, 3.05) is 14.2 Å². The lowest BCUT2D eigenvalue weighted by molar-refractivity contribution is 0.398. The molecular formula is C19H21N3O4. The molecule has 0 spiro atoms. The minimum absolute atomic E-state index is 0.203. The standard InChI is InChI=1S/C19H21N3O4/c1-12(2)11-21-15-9-10-16(26-4)20-17(15)22(19(24)18(21)23)13-5-7-14(25-3)8-6-13/h5-10,12H,11H2,1-4H3. The minimum atomic E-state index is -0.649. The van der Waals surface area contributed by atoms with Crippen LogP contribution in [0.3, 0.4) is 0 Å². The summed E-state index contributed by atoms with van der Waals surface area (Å²) < 4.78 is 13.2. The summed E-state index contributed by atoms with van der Waals surface area (Å²) in [5.74, 6) is 1.23. The van der Waals surface area contributed by atoms with E-state index in [2.05, 4.69) is 4.98 Å². The first kappa shape index (κ1) is 17.7. The first-order valence-electron chi connectivity index (χ1n) is 8.31. The van der Waals surface area contributed by atoms with Crippen molar-refractivity contribution in [2.45, 2.75) is 20.4 Å². The number of methoxy groups -OCH3 is 2. The van der Waals surface area contributed by atoms with Gasteiger partial charge in [-0.2, -0.15) is 4.98 Å². The largest absolute Gasteiger partial charge is 0.497 e. The van der Waals surface area contributed by atoms with Gasteiger partial charge in [-0.05, 0) is 36.2 Å². The van der Waals surface area contributed by atoms with Gasteiger partial charge >= 0.3 is 11.1 Å². The van der Waals surface area contributed by atoms with E-state index in [4.69, 9.17) is 9.47 Å². The molecule has 3 rings (SSSR count). The van der Waals surface area contributed by atoms with Crippen molar-refractivity contribution in [2.24, 2.45) is 5.92 Å². The minimum Gasteiger partial charge on any atom is -0.497 e.